The van der Waals surface area contributed by atoms with E-state index in [9.17, 15) is 9.59 Å². The molecule has 0 radical (unpaired) electrons. The van der Waals surface area contributed by atoms with Crippen LogP contribution in [0.15, 0.2) is 78.2 Å². The van der Waals surface area contributed by atoms with Gasteiger partial charge in [0.05, 0.1) is 23.1 Å². The van der Waals surface area contributed by atoms with Gasteiger partial charge in [0.2, 0.25) is 0 Å². The van der Waals surface area contributed by atoms with Crippen molar-refractivity contribution in [2.24, 2.45) is 0 Å². The number of ether oxygens (including phenoxy) is 1. The molecule has 4 aromatic rings. The second-order valence-corrected chi connectivity index (χ2v) is 8.21. The zero-order valence-electron chi connectivity index (χ0n) is 18.4. The predicted molar refractivity (Wildman–Crippen MR) is 129 cm³/mol. The Labute approximate surface area is 200 Å². The van der Waals surface area contributed by atoms with E-state index in [1.807, 2.05) is 60.0 Å². The maximum atomic E-state index is 13.1. The number of nitrogens with zero attached hydrogens (tertiary/aromatic N) is 5. The average molecular weight is 472 g/mol. The Morgan fingerprint density at radius 3 is 2.44 bits per heavy atom. The molecule has 1 atom stereocenters. The molecular weight excluding hydrogens is 450 g/mol. The molecule has 0 saturated carbocycles. The number of rotatable bonds is 8. The van der Waals surface area contributed by atoms with Crippen LogP contribution in [-0.2, 0) is 9.53 Å². The highest BCUT2D eigenvalue weighted by Gasteiger charge is 2.28. The molecule has 0 aliphatic heterocycles. The lowest BCUT2D eigenvalue weighted by atomic mass is 10.2. The first-order valence-electron chi connectivity index (χ1n) is 10.6. The molecule has 0 spiro atoms. The molecule has 2 aromatic heterocycles. The molecule has 0 fully saturated rings. The summed E-state index contributed by atoms with van der Waals surface area (Å²) in [5.74, 6) is -0.875. The standard InChI is InChI=1S/C25H21N5O3S/c1-18(24(31)29(16-9-15-26)19-10-4-2-5-11-19)33-25(32)22-27-23(21-14-8-17-34-21)30(28-22)20-12-6-3-7-13-20/h2-8,10-14,17-18H,9,16H2,1H3. The molecule has 0 aliphatic carbocycles. The van der Waals surface area contributed by atoms with E-state index in [-0.39, 0.29) is 18.8 Å². The van der Waals surface area contributed by atoms with Crippen molar-refractivity contribution in [3.8, 4) is 22.5 Å². The van der Waals surface area contributed by atoms with E-state index in [4.69, 9.17) is 10.00 Å². The zero-order chi connectivity index (χ0) is 23.9. The fourth-order valence-corrected chi connectivity index (χ4v) is 4.03. The number of aromatic nitrogens is 3. The first-order chi connectivity index (χ1) is 16.6. The Bertz CT molecular complexity index is 1300. The lowest BCUT2D eigenvalue weighted by Crippen LogP contribution is -2.40. The predicted octanol–water partition coefficient (Wildman–Crippen LogP) is 4.49. The molecule has 0 bridgehead atoms. The number of anilines is 1. The quantitative estimate of drug-likeness (QED) is 0.351. The summed E-state index contributed by atoms with van der Waals surface area (Å²) in [6.45, 7) is 1.68. The topological polar surface area (TPSA) is 101 Å². The van der Waals surface area contributed by atoms with E-state index in [0.717, 1.165) is 10.6 Å². The minimum Gasteiger partial charge on any atom is -0.447 e. The van der Waals surface area contributed by atoms with Gasteiger partial charge in [0, 0.05) is 12.2 Å². The lowest BCUT2D eigenvalue weighted by molar-refractivity contribution is -0.126. The lowest BCUT2D eigenvalue weighted by Gasteiger charge is -2.24. The van der Waals surface area contributed by atoms with E-state index in [1.165, 1.54) is 23.2 Å². The van der Waals surface area contributed by atoms with E-state index < -0.39 is 18.0 Å². The normalized spacial score (nSPS) is 11.4. The third kappa shape index (κ3) is 5.03. The first-order valence-corrected chi connectivity index (χ1v) is 11.5. The monoisotopic (exact) mass is 471 g/mol. The van der Waals surface area contributed by atoms with Crippen LogP contribution in [0, 0.1) is 11.3 Å². The van der Waals surface area contributed by atoms with Gasteiger partial charge >= 0.3 is 5.97 Å². The number of carbonyl (C=O) groups is 2. The molecule has 2 heterocycles. The van der Waals surface area contributed by atoms with Crippen molar-refractivity contribution in [2.75, 3.05) is 11.4 Å². The number of para-hydroxylation sites is 2. The summed E-state index contributed by atoms with van der Waals surface area (Å²) in [7, 11) is 0. The van der Waals surface area contributed by atoms with E-state index in [1.54, 1.807) is 28.9 Å². The molecule has 0 aliphatic rings. The summed E-state index contributed by atoms with van der Waals surface area (Å²) >= 11 is 1.48. The van der Waals surface area contributed by atoms with Crippen LogP contribution >= 0.6 is 11.3 Å². The van der Waals surface area contributed by atoms with Gasteiger partial charge in [0.25, 0.3) is 11.7 Å². The largest absolute Gasteiger partial charge is 0.447 e. The average Bonchev–Trinajstić information content (AvgIpc) is 3.55. The number of esters is 1. The van der Waals surface area contributed by atoms with Crippen molar-refractivity contribution in [3.05, 3.63) is 84.0 Å². The van der Waals surface area contributed by atoms with E-state index >= 15 is 0 Å². The van der Waals surface area contributed by atoms with Gasteiger partial charge in [-0.05, 0) is 42.6 Å². The molecule has 170 valence electrons. The maximum absolute atomic E-state index is 13.1. The Balaban J connectivity index is 1.57. The van der Waals surface area contributed by atoms with Gasteiger partial charge < -0.3 is 9.64 Å². The van der Waals surface area contributed by atoms with Gasteiger partial charge in [-0.25, -0.2) is 9.48 Å². The highest BCUT2D eigenvalue weighted by molar-refractivity contribution is 7.13. The summed E-state index contributed by atoms with van der Waals surface area (Å²) in [6, 6.07) is 24.1. The number of hydrogen-bond acceptors (Lipinski definition) is 7. The Morgan fingerprint density at radius 2 is 1.79 bits per heavy atom. The van der Waals surface area contributed by atoms with Crippen LogP contribution in [0.25, 0.3) is 16.4 Å². The highest BCUT2D eigenvalue weighted by Crippen LogP contribution is 2.26. The highest BCUT2D eigenvalue weighted by atomic mass is 32.1. The van der Waals surface area contributed by atoms with Crippen molar-refractivity contribution in [3.63, 3.8) is 0 Å². The van der Waals surface area contributed by atoms with Gasteiger partial charge in [-0.1, -0.05) is 42.5 Å². The summed E-state index contributed by atoms with van der Waals surface area (Å²) in [5.41, 5.74) is 1.37. The molecule has 1 amide bonds. The summed E-state index contributed by atoms with van der Waals surface area (Å²) in [5, 5.41) is 15.3. The van der Waals surface area contributed by atoms with Crippen molar-refractivity contribution in [1.82, 2.24) is 14.8 Å². The minimum atomic E-state index is -1.10. The van der Waals surface area contributed by atoms with Gasteiger partial charge in [-0.3, -0.25) is 4.79 Å². The van der Waals surface area contributed by atoms with Crippen LogP contribution in [0.4, 0.5) is 5.69 Å². The number of carbonyl (C=O) groups excluding carboxylic acids is 2. The van der Waals surface area contributed by atoms with Gasteiger partial charge in [-0.15, -0.1) is 16.4 Å². The Kier molecular flexibility index (Phi) is 7.10. The molecule has 2 aromatic carbocycles. The molecule has 1 unspecified atom stereocenters. The number of hydrogen-bond donors (Lipinski definition) is 0. The molecule has 9 heteroatoms. The van der Waals surface area contributed by atoms with Crippen LogP contribution < -0.4 is 4.90 Å². The van der Waals surface area contributed by atoms with Crippen molar-refractivity contribution in [1.29, 1.82) is 5.26 Å². The minimum absolute atomic E-state index is 0.143. The maximum Gasteiger partial charge on any atom is 0.379 e. The smallest absolute Gasteiger partial charge is 0.379 e. The van der Waals surface area contributed by atoms with Gasteiger partial charge in [-0.2, -0.15) is 10.2 Å². The summed E-state index contributed by atoms with van der Waals surface area (Å²) < 4.78 is 7.04. The molecular formula is C25H21N5O3S. The van der Waals surface area contributed by atoms with E-state index in [2.05, 4.69) is 10.1 Å². The summed E-state index contributed by atoms with van der Waals surface area (Å²) in [6.07, 6.45) is -0.950. The van der Waals surface area contributed by atoms with Gasteiger partial charge in [0.1, 0.15) is 0 Å². The summed E-state index contributed by atoms with van der Waals surface area (Å²) in [4.78, 5) is 32.7. The van der Waals surface area contributed by atoms with Crippen LogP contribution in [0.1, 0.15) is 24.0 Å². The molecule has 0 saturated heterocycles. The van der Waals surface area contributed by atoms with Crippen molar-refractivity contribution < 1.29 is 14.3 Å². The zero-order valence-corrected chi connectivity index (χ0v) is 19.2. The number of amides is 1. The van der Waals surface area contributed by atoms with Crippen molar-refractivity contribution in [2.45, 2.75) is 19.4 Å². The fourth-order valence-electron chi connectivity index (χ4n) is 3.33. The van der Waals surface area contributed by atoms with Crippen molar-refractivity contribution >= 4 is 28.9 Å². The Morgan fingerprint density at radius 1 is 1.09 bits per heavy atom. The first kappa shape index (κ1) is 22.9. The third-order valence-electron chi connectivity index (χ3n) is 4.94. The second kappa shape index (κ2) is 10.6. The molecule has 4 rings (SSSR count). The van der Waals surface area contributed by atoms with Crippen LogP contribution in [0.5, 0.6) is 0 Å². The molecule has 8 nitrogen and oxygen atoms in total. The molecule has 34 heavy (non-hydrogen) atoms. The fraction of sp³-hybridized carbons (Fsp3) is 0.160. The second-order valence-electron chi connectivity index (χ2n) is 7.26. The van der Waals surface area contributed by atoms with Crippen LogP contribution in [0.2, 0.25) is 0 Å². The number of nitriles is 1. The van der Waals surface area contributed by atoms with E-state index in [0.29, 0.717) is 11.5 Å². The SMILES string of the molecule is CC(OC(=O)c1nc(-c2cccs2)n(-c2ccccc2)n1)C(=O)N(CCC#N)c1ccccc1. The Hall–Kier alpha value is -4.29. The number of thiophene rings is 1. The van der Waals surface area contributed by atoms with Crippen LogP contribution in [-0.4, -0.2) is 39.3 Å². The molecule has 0 N–H and O–H groups in total. The van der Waals surface area contributed by atoms with Gasteiger partial charge in [0.15, 0.2) is 11.9 Å². The third-order valence-corrected chi connectivity index (χ3v) is 5.81. The number of benzene rings is 2. The van der Waals surface area contributed by atoms with Crippen LogP contribution in [0.3, 0.4) is 0 Å².